The van der Waals surface area contributed by atoms with Crippen molar-refractivity contribution >= 4 is 17.6 Å². The minimum absolute atomic E-state index is 0.0714. The van der Waals surface area contributed by atoms with Crippen molar-refractivity contribution in [3.05, 3.63) is 51.8 Å². The Morgan fingerprint density at radius 1 is 1.00 bits per heavy atom. The highest BCUT2D eigenvalue weighted by atomic mass is 16.7. The quantitative estimate of drug-likeness (QED) is 0.0974. The molecule has 4 heterocycles. The number of nitrogens with zero attached hydrogens (tertiary/aromatic N) is 6. The number of non-ortho nitro benzene ring substituents is 1. The number of benzene rings is 1. The number of aliphatic hydroxyl groups excluding tert-OH is 3. The number of ether oxygens (including phenoxy) is 7. The van der Waals surface area contributed by atoms with Crippen molar-refractivity contribution in [3.8, 4) is 0 Å². The second-order valence-corrected chi connectivity index (χ2v) is 21.8. The standard InChI is InChI=1S/C51H84N6O16/c1-15-39-51(10,64)43(59)32(6)55(12)26-28(2)24-49(8,63)45(30(4)42(31(5)46(61)71-39)72-40-25-50(9,68-14)44(60)33(7)70-40)73-48-41(58)37(22-29(3)69-48)54(11)21-20-35-27-56(53-52-35)38(47(62)67-13)23-34-16-18-36(19-17-34)57(65)66/h16-19,27-33,37-45,48,58-60,63-64H,15,20-26H2,1-14H3/t28-,29-,30+,31-,32-,33+,37+,38-,39-,40+,41-,42+,43-,44+,45-,48+,49-,50-,51-/m1/s1. The van der Waals surface area contributed by atoms with Gasteiger partial charge in [-0.1, -0.05) is 38.1 Å². The van der Waals surface area contributed by atoms with Crippen LogP contribution in [0, 0.1) is 27.9 Å². The van der Waals surface area contributed by atoms with Gasteiger partial charge in [-0.2, -0.15) is 0 Å². The van der Waals surface area contributed by atoms with Gasteiger partial charge in [0.25, 0.3) is 5.69 Å². The predicted molar refractivity (Wildman–Crippen MR) is 265 cm³/mol. The fourth-order valence-corrected chi connectivity index (χ4v) is 11.1. The van der Waals surface area contributed by atoms with E-state index in [0.717, 1.165) is 0 Å². The molecule has 19 atom stereocenters. The van der Waals surface area contributed by atoms with Gasteiger partial charge >= 0.3 is 11.9 Å². The van der Waals surface area contributed by atoms with Crippen LogP contribution in [0.25, 0.3) is 0 Å². The molecule has 0 amide bonds. The van der Waals surface area contributed by atoms with Gasteiger partial charge in [0.1, 0.15) is 30.0 Å². The summed E-state index contributed by atoms with van der Waals surface area (Å²) in [7, 11) is 6.42. The number of methoxy groups -OCH3 is 2. The average Bonchev–Trinajstić information content (AvgIpc) is 3.81. The first-order valence-corrected chi connectivity index (χ1v) is 25.6. The Labute approximate surface area is 429 Å². The van der Waals surface area contributed by atoms with Crippen LogP contribution in [0.5, 0.6) is 0 Å². The maximum Gasteiger partial charge on any atom is 0.331 e. The lowest BCUT2D eigenvalue weighted by Gasteiger charge is -2.49. The zero-order valence-corrected chi connectivity index (χ0v) is 45.2. The highest BCUT2D eigenvalue weighted by Crippen LogP contribution is 2.40. The summed E-state index contributed by atoms with van der Waals surface area (Å²) in [4.78, 5) is 42.0. The van der Waals surface area contributed by atoms with Gasteiger partial charge in [0.15, 0.2) is 18.6 Å². The third kappa shape index (κ3) is 14.2. The molecule has 414 valence electrons. The average molecular weight is 1040 g/mol. The largest absolute Gasteiger partial charge is 0.467 e. The maximum atomic E-state index is 14.5. The molecule has 0 spiro atoms. The van der Waals surface area contributed by atoms with Gasteiger partial charge in [-0.05, 0) is 93.3 Å². The third-order valence-corrected chi connectivity index (χ3v) is 15.8. The van der Waals surface area contributed by atoms with Crippen LogP contribution in [0.2, 0.25) is 0 Å². The van der Waals surface area contributed by atoms with Gasteiger partial charge < -0.3 is 68.5 Å². The normalized spacial score (nSPS) is 39.0. The van der Waals surface area contributed by atoms with Crippen molar-refractivity contribution in [2.24, 2.45) is 17.8 Å². The second kappa shape index (κ2) is 24.9. The van der Waals surface area contributed by atoms with Crippen LogP contribution >= 0.6 is 0 Å². The van der Waals surface area contributed by atoms with E-state index in [2.05, 4.69) is 10.3 Å². The minimum atomic E-state index is -1.86. The van der Waals surface area contributed by atoms with Crippen molar-refractivity contribution in [2.75, 3.05) is 41.4 Å². The SMILES string of the molecule is CC[C@H]1OC(=O)[C@H](C)[C@@H](O[C@H]2C[C@@](C)(OC)[C@@H](O)[C@H](C)O2)[C@H](C)[C@@H](O[C@@H]2O[C@H](C)C[C@H](N(C)CCc3cn([C@H](Cc4ccc([N+](=O)[O-])cc4)C(=O)OC)nn3)[C@H]2O)[C@](C)(O)C[C@@H](C)CN(C)[C@H](C)[C@@H](O)[C@]1(C)O. The molecule has 0 bridgehead atoms. The van der Waals surface area contributed by atoms with Crippen LogP contribution in [-0.4, -0.2) is 199 Å². The molecule has 5 rings (SSSR count). The molecule has 0 unspecified atom stereocenters. The van der Waals surface area contributed by atoms with E-state index in [9.17, 15) is 45.2 Å². The molecule has 73 heavy (non-hydrogen) atoms. The monoisotopic (exact) mass is 1040 g/mol. The number of carbonyl (C=O) groups excluding carboxylic acids is 2. The molecule has 1 aromatic carbocycles. The van der Waals surface area contributed by atoms with E-state index < -0.39 is 125 Å². The summed E-state index contributed by atoms with van der Waals surface area (Å²) in [5.41, 5.74) is -3.49. The summed E-state index contributed by atoms with van der Waals surface area (Å²) < 4.78 is 44.7. The minimum Gasteiger partial charge on any atom is -0.467 e. The molecular formula is C51H84N6O16. The van der Waals surface area contributed by atoms with Gasteiger partial charge in [-0.25, -0.2) is 9.48 Å². The number of aromatic nitrogens is 3. The van der Waals surface area contributed by atoms with E-state index in [0.29, 0.717) is 37.2 Å². The molecule has 22 nitrogen and oxygen atoms in total. The van der Waals surface area contributed by atoms with Crippen molar-refractivity contribution in [1.82, 2.24) is 24.8 Å². The Kier molecular flexibility index (Phi) is 20.5. The molecule has 0 radical (unpaired) electrons. The molecule has 3 aliphatic heterocycles. The molecule has 2 aromatic rings. The predicted octanol–water partition coefficient (Wildman–Crippen LogP) is 2.97. The number of hydrogen-bond acceptors (Lipinski definition) is 20. The smallest absolute Gasteiger partial charge is 0.331 e. The summed E-state index contributed by atoms with van der Waals surface area (Å²) in [5.74, 6) is -3.50. The number of hydrogen-bond donors (Lipinski definition) is 5. The van der Waals surface area contributed by atoms with Gasteiger partial charge in [0, 0.05) is 75.8 Å². The summed E-state index contributed by atoms with van der Waals surface area (Å²) in [6.45, 7) is 18.1. The highest BCUT2D eigenvalue weighted by molar-refractivity contribution is 5.74. The second-order valence-electron chi connectivity index (χ2n) is 21.8. The third-order valence-electron chi connectivity index (χ3n) is 15.8. The summed E-state index contributed by atoms with van der Waals surface area (Å²) in [6, 6.07) is 3.87. The van der Waals surface area contributed by atoms with Crippen LogP contribution in [0.1, 0.15) is 112 Å². The van der Waals surface area contributed by atoms with Crippen LogP contribution in [-0.2, 0) is 55.6 Å². The Hall–Kier alpha value is -3.78. The van der Waals surface area contributed by atoms with E-state index in [-0.39, 0.29) is 37.3 Å². The fourth-order valence-electron chi connectivity index (χ4n) is 11.1. The van der Waals surface area contributed by atoms with Crippen molar-refractivity contribution < 1.29 is 73.2 Å². The number of cyclic esters (lactones) is 1. The molecule has 1 aromatic heterocycles. The zero-order valence-electron chi connectivity index (χ0n) is 45.2. The van der Waals surface area contributed by atoms with Crippen molar-refractivity contribution in [1.29, 1.82) is 0 Å². The molecule has 3 fully saturated rings. The van der Waals surface area contributed by atoms with E-state index in [1.54, 1.807) is 66.8 Å². The molecule has 3 aliphatic rings. The lowest BCUT2D eigenvalue weighted by molar-refractivity contribution is -0.384. The summed E-state index contributed by atoms with van der Waals surface area (Å²) >= 11 is 0. The zero-order chi connectivity index (χ0) is 54.5. The Balaban J connectivity index is 1.44. The number of esters is 2. The number of aliphatic hydroxyl groups is 5. The van der Waals surface area contributed by atoms with Gasteiger partial charge in [0.05, 0.1) is 59.3 Å². The number of nitro benzene ring substituents is 1. The molecular weight excluding hydrogens is 953 g/mol. The number of likely N-dealkylation sites (N-methyl/N-ethyl adjacent to an activating group) is 2. The number of rotatable bonds is 15. The summed E-state index contributed by atoms with van der Waals surface area (Å²) in [6.07, 6.45) is -7.53. The van der Waals surface area contributed by atoms with Crippen LogP contribution in [0.4, 0.5) is 5.69 Å². The van der Waals surface area contributed by atoms with Crippen molar-refractivity contribution in [3.63, 3.8) is 0 Å². The van der Waals surface area contributed by atoms with Gasteiger partial charge in [-0.3, -0.25) is 14.9 Å². The van der Waals surface area contributed by atoms with Crippen LogP contribution < -0.4 is 0 Å². The lowest BCUT2D eigenvalue weighted by Crippen LogP contribution is -2.61. The van der Waals surface area contributed by atoms with E-state index in [1.807, 2.05) is 37.7 Å². The van der Waals surface area contributed by atoms with E-state index in [1.165, 1.54) is 38.0 Å². The van der Waals surface area contributed by atoms with Crippen LogP contribution in [0.3, 0.4) is 0 Å². The van der Waals surface area contributed by atoms with E-state index >= 15 is 0 Å². The molecule has 22 heteroatoms. The van der Waals surface area contributed by atoms with Crippen LogP contribution in [0.15, 0.2) is 30.5 Å². The molecule has 0 aliphatic carbocycles. The highest BCUT2D eigenvalue weighted by Gasteiger charge is 2.53. The first-order valence-electron chi connectivity index (χ1n) is 25.6. The van der Waals surface area contributed by atoms with Crippen molar-refractivity contribution in [2.45, 2.75) is 204 Å². The maximum absolute atomic E-state index is 14.5. The summed E-state index contributed by atoms with van der Waals surface area (Å²) in [5, 5.41) is 79.5. The van der Waals surface area contributed by atoms with Gasteiger partial charge in [0.2, 0.25) is 0 Å². The number of carbonyl (C=O) groups is 2. The molecule has 3 saturated heterocycles. The van der Waals surface area contributed by atoms with E-state index in [4.69, 9.17) is 33.2 Å². The topological polar surface area (TPSA) is 280 Å². The Morgan fingerprint density at radius 2 is 1.66 bits per heavy atom. The Morgan fingerprint density at radius 3 is 2.26 bits per heavy atom. The first-order chi connectivity index (χ1) is 34.1. The fraction of sp³-hybridized carbons (Fsp3) is 0.804. The first kappa shape index (κ1) is 60.1. The Bertz CT molecular complexity index is 2110. The molecule has 5 N–H and O–H groups in total. The molecule has 0 saturated carbocycles. The number of nitro groups is 1. The lowest BCUT2D eigenvalue weighted by atomic mass is 9.77. The van der Waals surface area contributed by atoms with Gasteiger partial charge in [-0.15, -0.1) is 5.10 Å².